The van der Waals surface area contributed by atoms with Crippen LogP contribution in [-0.4, -0.2) is 11.5 Å². The molecular formula is C16H19BrN2O. The average molecular weight is 335 g/mol. The Morgan fingerprint density at radius 3 is 2.45 bits per heavy atom. The van der Waals surface area contributed by atoms with E-state index < -0.39 is 0 Å². The molecule has 3 rings (SSSR count). The molecule has 1 aromatic rings. The zero-order valence-corrected chi connectivity index (χ0v) is 13.6. The Bertz CT molecular complexity index is 591. The summed E-state index contributed by atoms with van der Waals surface area (Å²) in [5.41, 5.74) is 4.44. The van der Waals surface area contributed by atoms with Crippen LogP contribution in [0.15, 0.2) is 33.8 Å². The van der Waals surface area contributed by atoms with Crippen molar-refractivity contribution < 1.29 is 4.79 Å². The van der Waals surface area contributed by atoms with Crippen LogP contribution in [0.4, 0.5) is 5.69 Å². The molecule has 4 heteroatoms. The molecule has 2 atom stereocenters. The first-order valence-corrected chi connectivity index (χ1v) is 7.79. The molecule has 0 unspecified atom stereocenters. The molecule has 0 amide bonds. The van der Waals surface area contributed by atoms with Gasteiger partial charge in [-0.25, -0.2) is 0 Å². The largest absolute Gasteiger partial charge is 0.292 e. The highest BCUT2D eigenvalue weighted by Gasteiger charge is 2.65. The standard InChI is InChI=1S/C16H19BrN2O/c1-15(2)12-8-9-16(15,3)14(20)13(12)19-18-11-6-4-10(17)5-7-11/h4-7,12,18H,8-9H2,1-3H3/b19-13+/t12-,16-/m0/s1. The van der Waals surface area contributed by atoms with Gasteiger partial charge < -0.3 is 0 Å². The van der Waals surface area contributed by atoms with Crippen molar-refractivity contribution >= 4 is 33.1 Å². The smallest absolute Gasteiger partial charge is 0.185 e. The number of carbonyl (C=O) groups is 1. The van der Waals surface area contributed by atoms with Crippen molar-refractivity contribution in [1.29, 1.82) is 0 Å². The van der Waals surface area contributed by atoms with Gasteiger partial charge in [-0.2, -0.15) is 5.10 Å². The summed E-state index contributed by atoms with van der Waals surface area (Å²) in [6, 6.07) is 7.80. The lowest BCUT2D eigenvalue weighted by molar-refractivity contribution is -0.123. The molecule has 0 aliphatic heterocycles. The highest BCUT2D eigenvalue weighted by molar-refractivity contribution is 9.10. The molecule has 3 nitrogen and oxygen atoms in total. The molecule has 0 aromatic heterocycles. The molecule has 0 heterocycles. The Kier molecular flexibility index (Phi) is 3.05. The first-order chi connectivity index (χ1) is 9.36. The summed E-state index contributed by atoms with van der Waals surface area (Å²) >= 11 is 3.40. The van der Waals surface area contributed by atoms with Gasteiger partial charge in [0.25, 0.3) is 0 Å². The summed E-state index contributed by atoms with van der Waals surface area (Å²) in [7, 11) is 0. The monoisotopic (exact) mass is 334 g/mol. The fourth-order valence-corrected chi connectivity index (χ4v) is 3.87. The number of hydrogen-bond acceptors (Lipinski definition) is 3. The molecule has 0 radical (unpaired) electrons. The van der Waals surface area contributed by atoms with Crippen LogP contribution >= 0.6 is 15.9 Å². The normalized spacial score (nSPS) is 32.9. The molecular weight excluding hydrogens is 316 g/mol. The van der Waals surface area contributed by atoms with Gasteiger partial charge in [0.15, 0.2) is 5.78 Å². The number of carbonyl (C=O) groups excluding carboxylic acids is 1. The fourth-order valence-electron chi connectivity index (χ4n) is 3.60. The van der Waals surface area contributed by atoms with Crippen molar-refractivity contribution in [2.75, 3.05) is 5.43 Å². The molecule has 106 valence electrons. The van der Waals surface area contributed by atoms with Crippen LogP contribution in [-0.2, 0) is 4.79 Å². The number of hydrazone groups is 1. The number of nitrogens with one attached hydrogen (secondary N) is 1. The Morgan fingerprint density at radius 1 is 1.25 bits per heavy atom. The van der Waals surface area contributed by atoms with Gasteiger partial charge in [-0.3, -0.25) is 10.2 Å². The summed E-state index contributed by atoms with van der Waals surface area (Å²) in [6.07, 6.45) is 2.05. The molecule has 2 saturated carbocycles. The molecule has 2 fully saturated rings. The van der Waals surface area contributed by atoms with Crippen molar-refractivity contribution in [2.45, 2.75) is 33.6 Å². The van der Waals surface area contributed by atoms with Crippen LogP contribution in [0.3, 0.4) is 0 Å². The van der Waals surface area contributed by atoms with Gasteiger partial charge in [0.1, 0.15) is 5.71 Å². The summed E-state index contributed by atoms with van der Waals surface area (Å²) in [4.78, 5) is 12.6. The predicted octanol–water partition coefficient (Wildman–Crippen LogP) is 4.24. The Hall–Kier alpha value is -1.16. The van der Waals surface area contributed by atoms with E-state index in [0.29, 0.717) is 0 Å². The summed E-state index contributed by atoms with van der Waals surface area (Å²) in [5.74, 6) is 0.506. The minimum Gasteiger partial charge on any atom is -0.292 e. The minimum atomic E-state index is -0.238. The van der Waals surface area contributed by atoms with E-state index >= 15 is 0 Å². The lowest BCUT2D eigenvalue weighted by atomic mass is 9.70. The topological polar surface area (TPSA) is 41.5 Å². The maximum Gasteiger partial charge on any atom is 0.185 e. The van der Waals surface area contributed by atoms with Crippen LogP contribution in [0.25, 0.3) is 0 Å². The first-order valence-electron chi connectivity index (χ1n) is 7.00. The lowest BCUT2D eigenvalue weighted by Crippen LogP contribution is -2.33. The second-order valence-corrected chi connectivity index (χ2v) is 7.51. The second kappa shape index (κ2) is 4.42. The third-order valence-corrected chi connectivity index (χ3v) is 5.97. The van der Waals surface area contributed by atoms with Crippen molar-refractivity contribution in [3.8, 4) is 0 Å². The van der Waals surface area contributed by atoms with Gasteiger partial charge in [-0.15, -0.1) is 0 Å². The lowest BCUT2D eigenvalue weighted by Gasteiger charge is -2.31. The highest BCUT2D eigenvalue weighted by Crippen LogP contribution is 2.62. The van der Waals surface area contributed by atoms with Crippen molar-refractivity contribution in [2.24, 2.45) is 21.8 Å². The predicted molar refractivity (Wildman–Crippen MR) is 84.8 cm³/mol. The van der Waals surface area contributed by atoms with E-state index in [1.54, 1.807) is 0 Å². The third-order valence-electron chi connectivity index (χ3n) is 5.44. The van der Waals surface area contributed by atoms with Crippen LogP contribution in [0, 0.1) is 16.7 Å². The van der Waals surface area contributed by atoms with Crippen molar-refractivity contribution in [3.05, 3.63) is 28.7 Å². The number of ketones is 1. The summed E-state index contributed by atoms with van der Waals surface area (Å²) in [6.45, 7) is 6.49. The SMILES string of the molecule is CC1(C)[C@H]2CC[C@@]1(C)C(=O)/C2=N/Nc1ccc(Br)cc1. The van der Waals surface area contributed by atoms with Gasteiger partial charge in [-0.05, 0) is 42.5 Å². The van der Waals surface area contributed by atoms with Crippen LogP contribution in [0.5, 0.6) is 0 Å². The molecule has 2 aliphatic rings. The van der Waals surface area contributed by atoms with Gasteiger partial charge in [0, 0.05) is 15.8 Å². The molecule has 0 spiro atoms. The highest BCUT2D eigenvalue weighted by atomic mass is 79.9. The van der Waals surface area contributed by atoms with Crippen LogP contribution in [0.1, 0.15) is 33.6 Å². The van der Waals surface area contributed by atoms with E-state index in [0.717, 1.165) is 28.7 Å². The molecule has 1 aromatic carbocycles. The average Bonchev–Trinajstić information content (AvgIpc) is 2.71. The van der Waals surface area contributed by atoms with Crippen LogP contribution in [0.2, 0.25) is 0 Å². The zero-order valence-electron chi connectivity index (χ0n) is 12.0. The zero-order chi connectivity index (χ0) is 14.5. The number of fused-ring (bicyclic) bond motifs is 2. The maximum absolute atomic E-state index is 12.6. The molecule has 2 aliphatic carbocycles. The molecule has 20 heavy (non-hydrogen) atoms. The van der Waals surface area contributed by atoms with E-state index in [1.165, 1.54) is 0 Å². The number of benzene rings is 1. The number of hydrogen-bond donors (Lipinski definition) is 1. The third kappa shape index (κ3) is 1.77. The van der Waals surface area contributed by atoms with Crippen molar-refractivity contribution in [1.82, 2.24) is 0 Å². The van der Waals surface area contributed by atoms with E-state index in [1.807, 2.05) is 24.3 Å². The van der Waals surface area contributed by atoms with Crippen molar-refractivity contribution in [3.63, 3.8) is 0 Å². The van der Waals surface area contributed by atoms with Crippen LogP contribution < -0.4 is 5.43 Å². The molecule has 0 saturated heterocycles. The van der Waals surface area contributed by atoms with E-state index in [9.17, 15) is 4.79 Å². The van der Waals surface area contributed by atoms with E-state index in [-0.39, 0.29) is 22.5 Å². The van der Waals surface area contributed by atoms with Gasteiger partial charge in [0.2, 0.25) is 0 Å². The number of halogens is 1. The van der Waals surface area contributed by atoms with Gasteiger partial charge in [-0.1, -0.05) is 36.7 Å². The molecule has 1 N–H and O–H groups in total. The summed E-state index contributed by atoms with van der Waals surface area (Å²) in [5, 5.41) is 4.43. The fraction of sp³-hybridized carbons (Fsp3) is 0.500. The first kappa shape index (κ1) is 13.8. The van der Waals surface area contributed by atoms with Gasteiger partial charge in [0.05, 0.1) is 5.69 Å². The Labute approximate surface area is 128 Å². The van der Waals surface area contributed by atoms with E-state index in [4.69, 9.17) is 0 Å². The molecule has 2 bridgehead atoms. The Balaban J connectivity index is 1.87. The second-order valence-electron chi connectivity index (χ2n) is 6.59. The van der Waals surface area contributed by atoms with E-state index in [2.05, 4.69) is 47.2 Å². The van der Waals surface area contributed by atoms with Gasteiger partial charge >= 0.3 is 0 Å². The maximum atomic E-state index is 12.6. The number of anilines is 1. The minimum absolute atomic E-state index is 0.0182. The number of Topliss-reactive ketones (excluding diaryl/α,β-unsaturated/α-hetero) is 1. The number of rotatable bonds is 2. The number of nitrogens with zero attached hydrogens (tertiary/aromatic N) is 1. The Morgan fingerprint density at radius 2 is 1.90 bits per heavy atom. The summed E-state index contributed by atoms with van der Waals surface area (Å²) < 4.78 is 1.03. The quantitative estimate of drug-likeness (QED) is 0.821.